The van der Waals surface area contributed by atoms with Gasteiger partial charge >= 0.3 is 5.97 Å². The van der Waals surface area contributed by atoms with Crippen LogP contribution in [-0.2, 0) is 33.8 Å². The number of aliphatic carboxylic acids is 1. The van der Waals surface area contributed by atoms with E-state index in [1.54, 1.807) is 42.5 Å². The maximum atomic E-state index is 12.2. The molecule has 4 rings (SSSR count). The summed E-state index contributed by atoms with van der Waals surface area (Å²) in [6.45, 7) is 2.33. The molecule has 3 aromatic carbocycles. The summed E-state index contributed by atoms with van der Waals surface area (Å²) in [6, 6.07) is 22.7. The SMILES string of the molecule is O=C(O)C(Cc1ccccc1)N(c1cccc(-c2cccc(CNCC3CCCO3)c2)c1)S(=O)[O-]. The van der Waals surface area contributed by atoms with Crippen molar-refractivity contribution >= 4 is 22.9 Å². The fourth-order valence-electron chi connectivity index (χ4n) is 4.34. The number of hydrogen-bond donors (Lipinski definition) is 2. The highest BCUT2D eigenvalue weighted by atomic mass is 32.2. The topological polar surface area (TPSA) is 102 Å². The zero-order valence-electron chi connectivity index (χ0n) is 19.3. The number of carboxylic acid groups (broad SMARTS) is 1. The van der Waals surface area contributed by atoms with Crippen LogP contribution in [0.2, 0.25) is 0 Å². The maximum Gasteiger partial charge on any atom is 0.327 e. The fourth-order valence-corrected chi connectivity index (χ4v) is 5.00. The molecule has 184 valence electrons. The quantitative estimate of drug-likeness (QED) is 0.393. The number of nitrogens with zero attached hydrogens (tertiary/aromatic N) is 1. The Labute approximate surface area is 208 Å². The van der Waals surface area contributed by atoms with Crippen LogP contribution in [-0.4, -0.2) is 45.1 Å². The molecule has 0 aliphatic carbocycles. The monoisotopic (exact) mass is 493 g/mol. The van der Waals surface area contributed by atoms with E-state index in [-0.39, 0.29) is 12.5 Å². The van der Waals surface area contributed by atoms with Gasteiger partial charge in [0.2, 0.25) is 0 Å². The van der Waals surface area contributed by atoms with Gasteiger partial charge < -0.3 is 19.7 Å². The molecule has 0 bridgehead atoms. The van der Waals surface area contributed by atoms with Crippen LogP contribution in [0.4, 0.5) is 5.69 Å². The van der Waals surface area contributed by atoms with Crippen LogP contribution in [0, 0.1) is 0 Å². The van der Waals surface area contributed by atoms with Crippen molar-refractivity contribution in [2.24, 2.45) is 0 Å². The lowest BCUT2D eigenvalue weighted by Gasteiger charge is -2.32. The van der Waals surface area contributed by atoms with Crippen LogP contribution in [0.25, 0.3) is 11.1 Å². The first kappa shape index (κ1) is 25.1. The molecule has 3 unspecified atom stereocenters. The first-order valence-corrected chi connectivity index (χ1v) is 12.7. The Hall–Kier alpha value is -3.04. The van der Waals surface area contributed by atoms with Crippen molar-refractivity contribution in [3.63, 3.8) is 0 Å². The van der Waals surface area contributed by atoms with E-state index >= 15 is 0 Å². The molecule has 1 heterocycles. The minimum atomic E-state index is -2.77. The lowest BCUT2D eigenvalue weighted by molar-refractivity contribution is -0.138. The smallest absolute Gasteiger partial charge is 0.327 e. The molecular formula is C27H29N2O5S-. The Balaban J connectivity index is 1.54. The third-order valence-electron chi connectivity index (χ3n) is 6.09. The standard InChI is InChI=1S/C27H30N2O5S/c30-27(31)26(16-20-7-2-1-3-8-20)29(35(32)33)24-12-5-11-23(17-24)22-10-4-9-21(15-22)18-28-19-25-13-6-14-34-25/h1-5,7-12,15,17,25-26,28H,6,13-14,16,18-19H2,(H,30,31)(H,32,33)/p-1. The Bertz CT molecular complexity index is 1150. The number of benzene rings is 3. The highest BCUT2D eigenvalue weighted by molar-refractivity contribution is 7.80. The van der Waals surface area contributed by atoms with Gasteiger partial charge in [-0.05, 0) is 53.3 Å². The third kappa shape index (κ3) is 6.76. The van der Waals surface area contributed by atoms with Gasteiger partial charge in [-0.15, -0.1) is 0 Å². The second kappa shape index (κ2) is 12.1. The van der Waals surface area contributed by atoms with Gasteiger partial charge in [-0.3, -0.25) is 8.51 Å². The van der Waals surface area contributed by atoms with Crippen LogP contribution >= 0.6 is 0 Å². The van der Waals surface area contributed by atoms with Crippen molar-refractivity contribution in [1.82, 2.24) is 5.32 Å². The summed E-state index contributed by atoms with van der Waals surface area (Å²) in [5.41, 5.74) is 3.89. The molecule has 0 radical (unpaired) electrons. The summed E-state index contributed by atoms with van der Waals surface area (Å²) in [5.74, 6) is -1.21. The van der Waals surface area contributed by atoms with E-state index in [0.29, 0.717) is 12.2 Å². The van der Waals surface area contributed by atoms with Crippen LogP contribution < -0.4 is 9.62 Å². The molecule has 7 nitrogen and oxygen atoms in total. The molecule has 1 aliphatic rings. The van der Waals surface area contributed by atoms with Gasteiger partial charge in [0, 0.05) is 43.1 Å². The van der Waals surface area contributed by atoms with E-state index < -0.39 is 23.3 Å². The molecule has 35 heavy (non-hydrogen) atoms. The second-order valence-corrected chi connectivity index (χ2v) is 9.43. The summed E-state index contributed by atoms with van der Waals surface area (Å²) in [5, 5.41) is 13.3. The molecule has 1 aliphatic heterocycles. The van der Waals surface area contributed by atoms with E-state index in [9.17, 15) is 18.7 Å². The number of rotatable bonds is 11. The maximum absolute atomic E-state index is 12.2. The molecule has 1 fully saturated rings. The van der Waals surface area contributed by atoms with Crippen molar-refractivity contribution in [3.05, 3.63) is 90.0 Å². The van der Waals surface area contributed by atoms with Crippen LogP contribution in [0.15, 0.2) is 78.9 Å². The predicted octanol–water partition coefficient (Wildman–Crippen LogP) is 3.92. The highest BCUT2D eigenvalue weighted by Gasteiger charge is 2.27. The van der Waals surface area contributed by atoms with Gasteiger partial charge in [-0.25, -0.2) is 4.79 Å². The Morgan fingerprint density at radius 1 is 1.06 bits per heavy atom. The first-order chi connectivity index (χ1) is 17.0. The first-order valence-electron chi connectivity index (χ1n) is 11.7. The van der Waals surface area contributed by atoms with Crippen molar-refractivity contribution in [1.29, 1.82) is 0 Å². The van der Waals surface area contributed by atoms with Gasteiger partial charge in [-0.2, -0.15) is 0 Å². The minimum absolute atomic E-state index is 0.0558. The zero-order chi connectivity index (χ0) is 24.6. The molecule has 0 aromatic heterocycles. The van der Waals surface area contributed by atoms with Crippen molar-refractivity contribution < 1.29 is 23.4 Å². The molecule has 3 atom stereocenters. The summed E-state index contributed by atoms with van der Waals surface area (Å²) >= 11 is -2.77. The van der Waals surface area contributed by atoms with E-state index in [2.05, 4.69) is 11.4 Å². The van der Waals surface area contributed by atoms with E-state index in [1.165, 1.54) is 0 Å². The normalized spacial score (nSPS) is 17.1. The Kier molecular flexibility index (Phi) is 8.65. The largest absolute Gasteiger partial charge is 0.755 e. The van der Waals surface area contributed by atoms with Gasteiger partial charge in [0.05, 0.1) is 6.10 Å². The van der Waals surface area contributed by atoms with Crippen molar-refractivity contribution in [3.8, 4) is 11.1 Å². The van der Waals surface area contributed by atoms with Crippen molar-refractivity contribution in [2.45, 2.75) is 38.0 Å². The Morgan fingerprint density at radius 3 is 2.46 bits per heavy atom. The fraction of sp³-hybridized carbons (Fsp3) is 0.296. The zero-order valence-corrected chi connectivity index (χ0v) is 20.2. The molecule has 2 N–H and O–H groups in total. The molecule has 1 saturated heterocycles. The summed E-state index contributed by atoms with van der Waals surface area (Å²) in [7, 11) is 0. The lowest BCUT2D eigenvalue weighted by atomic mass is 10.0. The number of carboxylic acids is 1. The number of carbonyl (C=O) groups is 1. The van der Waals surface area contributed by atoms with Crippen molar-refractivity contribution in [2.75, 3.05) is 17.5 Å². The average Bonchev–Trinajstić information content (AvgIpc) is 3.38. The van der Waals surface area contributed by atoms with Gasteiger partial charge in [0.25, 0.3) is 0 Å². The molecule has 0 saturated carbocycles. The molecule has 8 heteroatoms. The number of hydrogen-bond acceptors (Lipinski definition) is 5. The van der Waals surface area contributed by atoms with Gasteiger partial charge in [-0.1, -0.05) is 60.7 Å². The third-order valence-corrected chi connectivity index (χ3v) is 6.87. The van der Waals surface area contributed by atoms with Gasteiger partial charge in [0.15, 0.2) is 0 Å². The molecule has 0 spiro atoms. The van der Waals surface area contributed by atoms with Gasteiger partial charge in [0.1, 0.15) is 6.04 Å². The molecule has 3 aromatic rings. The van der Waals surface area contributed by atoms with E-state index in [1.807, 2.05) is 30.3 Å². The van der Waals surface area contributed by atoms with E-state index in [0.717, 1.165) is 52.6 Å². The second-order valence-electron chi connectivity index (χ2n) is 8.60. The minimum Gasteiger partial charge on any atom is -0.755 e. The van der Waals surface area contributed by atoms with E-state index in [4.69, 9.17) is 4.74 Å². The average molecular weight is 494 g/mol. The number of ether oxygens (including phenoxy) is 1. The summed E-state index contributed by atoms with van der Waals surface area (Å²) in [6.07, 6.45) is 2.52. The Morgan fingerprint density at radius 2 is 1.77 bits per heavy atom. The van der Waals surface area contributed by atoms with Crippen LogP contribution in [0.3, 0.4) is 0 Å². The number of nitrogens with one attached hydrogen (secondary N) is 1. The summed E-state index contributed by atoms with van der Waals surface area (Å²) in [4.78, 5) is 12.1. The molecule has 0 amide bonds. The summed E-state index contributed by atoms with van der Waals surface area (Å²) < 4.78 is 31.0. The highest BCUT2D eigenvalue weighted by Crippen LogP contribution is 2.28. The lowest BCUT2D eigenvalue weighted by Crippen LogP contribution is -2.44. The van der Waals surface area contributed by atoms with Crippen LogP contribution in [0.5, 0.6) is 0 Å². The predicted molar refractivity (Wildman–Crippen MR) is 136 cm³/mol. The number of anilines is 1. The van der Waals surface area contributed by atoms with Crippen LogP contribution in [0.1, 0.15) is 24.0 Å². The molecular weight excluding hydrogens is 464 g/mol.